The van der Waals surface area contributed by atoms with Crippen LogP contribution in [0.2, 0.25) is 0 Å². The van der Waals surface area contributed by atoms with E-state index >= 15 is 0 Å². The van der Waals surface area contributed by atoms with E-state index in [1.54, 1.807) is 12.1 Å². The van der Waals surface area contributed by atoms with Gasteiger partial charge in [-0.3, -0.25) is 4.79 Å². The van der Waals surface area contributed by atoms with Crippen LogP contribution in [0.15, 0.2) is 29.2 Å². The molecule has 1 aromatic carbocycles. The Kier molecular flexibility index (Phi) is 5.47. The summed E-state index contributed by atoms with van der Waals surface area (Å²) in [4.78, 5) is 24.5. The van der Waals surface area contributed by atoms with E-state index in [9.17, 15) is 9.59 Å². The summed E-state index contributed by atoms with van der Waals surface area (Å²) in [6, 6.07) is 7.48. The van der Waals surface area contributed by atoms with E-state index in [4.69, 9.17) is 4.74 Å². The minimum Gasteiger partial charge on any atom is -0.452 e. The number of hydrogen-bond donors (Lipinski definition) is 1. The molecule has 0 unspecified atom stereocenters. The monoisotopic (exact) mass is 293 g/mol. The van der Waals surface area contributed by atoms with Crippen LogP contribution in [0.4, 0.5) is 0 Å². The molecule has 0 bridgehead atoms. The lowest BCUT2D eigenvalue weighted by Gasteiger charge is -2.12. The number of carbonyl (C=O) groups is 2. The summed E-state index contributed by atoms with van der Waals surface area (Å²) in [5.41, 5.74) is 0.508. The van der Waals surface area contributed by atoms with Gasteiger partial charge in [0.1, 0.15) is 0 Å². The molecule has 0 aromatic heterocycles. The van der Waals surface area contributed by atoms with Crippen LogP contribution in [0.5, 0.6) is 0 Å². The van der Waals surface area contributed by atoms with E-state index < -0.39 is 5.97 Å². The molecule has 0 atom stereocenters. The number of amides is 1. The van der Waals surface area contributed by atoms with E-state index in [0.29, 0.717) is 5.56 Å². The smallest absolute Gasteiger partial charge is 0.339 e. The predicted molar refractivity (Wildman–Crippen MR) is 78.9 cm³/mol. The SMILES string of the molecule is CSc1ccccc1C(=O)OCC(=O)NC1CCCC1. The van der Waals surface area contributed by atoms with Crippen molar-refractivity contribution in [2.24, 2.45) is 0 Å². The molecule has 2 rings (SSSR count). The third kappa shape index (κ3) is 4.00. The lowest BCUT2D eigenvalue weighted by molar-refractivity contribution is -0.124. The zero-order chi connectivity index (χ0) is 14.4. The van der Waals surface area contributed by atoms with Crippen LogP contribution in [-0.4, -0.2) is 30.8 Å². The molecule has 108 valence electrons. The van der Waals surface area contributed by atoms with Crippen LogP contribution in [0.3, 0.4) is 0 Å². The second-order valence-corrected chi connectivity index (χ2v) is 5.67. The summed E-state index contributed by atoms with van der Waals surface area (Å²) in [7, 11) is 0. The van der Waals surface area contributed by atoms with E-state index in [1.807, 2.05) is 18.4 Å². The van der Waals surface area contributed by atoms with Crippen molar-refractivity contribution < 1.29 is 14.3 Å². The molecule has 1 aromatic rings. The number of thioether (sulfide) groups is 1. The molecular formula is C15H19NO3S. The van der Waals surface area contributed by atoms with Gasteiger partial charge in [0.2, 0.25) is 0 Å². The molecule has 0 radical (unpaired) electrons. The van der Waals surface area contributed by atoms with Crippen molar-refractivity contribution in [3.05, 3.63) is 29.8 Å². The maximum atomic E-state index is 12.0. The van der Waals surface area contributed by atoms with E-state index in [2.05, 4.69) is 5.32 Å². The van der Waals surface area contributed by atoms with Gasteiger partial charge in [-0.2, -0.15) is 0 Å². The average Bonchev–Trinajstić information content (AvgIpc) is 2.97. The van der Waals surface area contributed by atoms with Gasteiger partial charge in [-0.05, 0) is 31.2 Å². The summed E-state index contributed by atoms with van der Waals surface area (Å²) < 4.78 is 5.08. The number of esters is 1. The molecule has 0 aliphatic heterocycles. The van der Waals surface area contributed by atoms with Crippen LogP contribution >= 0.6 is 11.8 Å². The highest BCUT2D eigenvalue weighted by molar-refractivity contribution is 7.98. The highest BCUT2D eigenvalue weighted by atomic mass is 32.2. The van der Waals surface area contributed by atoms with Crippen LogP contribution < -0.4 is 5.32 Å². The number of hydrogen-bond acceptors (Lipinski definition) is 4. The fourth-order valence-electron chi connectivity index (χ4n) is 2.36. The number of nitrogens with one attached hydrogen (secondary N) is 1. The minimum atomic E-state index is -0.448. The Bertz CT molecular complexity index is 484. The van der Waals surface area contributed by atoms with Crippen molar-refractivity contribution in [2.75, 3.05) is 12.9 Å². The molecule has 1 fully saturated rings. The second-order valence-electron chi connectivity index (χ2n) is 4.83. The standard InChI is InChI=1S/C15H19NO3S/c1-20-13-9-5-4-8-12(13)15(18)19-10-14(17)16-11-6-2-3-7-11/h4-5,8-9,11H,2-3,6-7,10H2,1H3,(H,16,17). The summed E-state index contributed by atoms with van der Waals surface area (Å²) in [5, 5.41) is 2.89. The highest BCUT2D eigenvalue weighted by Gasteiger charge is 2.18. The van der Waals surface area contributed by atoms with Crippen LogP contribution in [0.1, 0.15) is 36.0 Å². The van der Waals surface area contributed by atoms with Gasteiger partial charge in [-0.1, -0.05) is 25.0 Å². The van der Waals surface area contributed by atoms with Crippen molar-refractivity contribution in [3.8, 4) is 0 Å². The predicted octanol–water partition coefficient (Wildman–Crippen LogP) is 2.62. The molecule has 4 nitrogen and oxygen atoms in total. The van der Waals surface area contributed by atoms with Crippen LogP contribution in [-0.2, 0) is 9.53 Å². The maximum Gasteiger partial charge on any atom is 0.339 e. The van der Waals surface area contributed by atoms with E-state index in [1.165, 1.54) is 11.8 Å². The van der Waals surface area contributed by atoms with Crippen molar-refractivity contribution in [3.63, 3.8) is 0 Å². The maximum absolute atomic E-state index is 12.0. The number of carbonyl (C=O) groups excluding carboxylic acids is 2. The quantitative estimate of drug-likeness (QED) is 0.670. The average molecular weight is 293 g/mol. The fraction of sp³-hybridized carbons (Fsp3) is 0.467. The Morgan fingerprint density at radius 2 is 2.00 bits per heavy atom. The van der Waals surface area contributed by atoms with Crippen molar-refractivity contribution in [2.45, 2.75) is 36.6 Å². The molecule has 5 heteroatoms. The normalized spacial score (nSPS) is 15.1. The van der Waals surface area contributed by atoms with Crippen molar-refractivity contribution >= 4 is 23.6 Å². The van der Waals surface area contributed by atoms with Crippen molar-refractivity contribution in [1.29, 1.82) is 0 Å². The van der Waals surface area contributed by atoms with Gasteiger partial charge in [0.05, 0.1) is 5.56 Å². The Hall–Kier alpha value is -1.49. The van der Waals surface area contributed by atoms with E-state index in [-0.39, 0.29) is 18.6 Å². The van der Waals surface area contributed by atoms with Crippen molar-refractivity contribution in [1.82, 2.24) is 5.32 Å². The molecule has 1 aliphatic rings. The van der Waals surface area contributed by atoms with Gasteiger partial charge in [-0.15, -0.1) is 11.8 Å². The first-order chi connectivity index (χ1) is 9.70. The summed E-state index contributed by atoms with van der Waals surface area (Å²) in [6.07, 6.45) is 6.26. The lowest BCUT2D eigenvalue weighted by atomic mass is 10.2. The molecular weight excluding hydrogens is 274 g/mol. The lowest BCUT2D eigenvalue weighted by Crippen LogP contribution is -2.35. The Balaban J connectivity index is 1.83. The highest BCUT2D eigenvalue weighted by Crippen LogP contribution is 2.20. The van der Waals surface area contributed by atoms with Crippen LogP contribution in [0, 0.1) is 0 Å². The molecule has 0 saturated heterocycles. The summed E-state index contributed by atoms with van der Waals surface area (Å²) in [6.45, 7) is -0.210. The molecule has 1 aliphatic carbocycles. The second kappa shape index (κ2) is 7.33. The summed E-state index contributed by atoms with van der Waals surface area (Å²) in [5.74, 6) is -0.664. The third-order valence-corrected chi connectivity index (χ3v) is 4.18. The Morgan fingerprint density at radius 1 is 1.30 bits per heavy atom. The summed E-state index contributed by atoms with van der Waals surface area (Å²) >= 11 is 1.48. The molecule has 0 heterocycles. The van der Waals surface area contributed by atoms with Gasteiger partial charge in [-0.25, -0.2) is 4.79 Å². The number of ether oxygens (including phenoxy) is 1. The van der Waals surface area contributed by atoms with Gasteiger partial charge < -0.3 is 10.1 Å². The first-order valence-electron chi connectivity index (χ1n) is 6.80. The van der Waals surface area contributed by atoms with Gasteiger partial charge in [0.15, 0.2) is 6.61 Å². The van der Waals surface area contributed by atoms with Gasteiger partial charge >= 0.3 is 5.97 Å². The fourth-order valence-corrected chi connectivity index (χ4v) is 2.95. The molecule has 20 heavy (non-hydrogen) atoms. The largest absolute Gasteiger partial charge is 0.452 e. The molecule has 1 saturated carbocycles. The zero-order valence-corrected chi connectivity index (χ0v) is 12.4. The van der Waals surface area contributed by atoms with Gasteiger partial charge in [0.25, 0.3) is 5.91 Å². The molecule has 1 N–H and O–H groups in total. The molecule has 0 spiro atoms. The molecule has 1 amide bonds. The van der Waals surface area contributed by atoms with Crippen LogP contribution in [0.25, 0.3) is 0 Å². The van der Waals surface area contributed by atoms with Gasteiger partial charge in [0, 0.05) is 10.9 Å². The minimum absolute atomic E-state index is 0.210. The Labute approximate surface area is 123 Å². The Morgan fingerprint density at radius 3 is 2.70 bits per heavy atom. The van der Waals surface area contributed by atoms with E-state index in [0.717, 1.165) is 30.6 Å². The first-order valence-corrected chi connectivity index (χ1v) is 8.02. The first kappa shape index (κ1) is 14.9. The third-order valence-electron chi connectivity index (χ3n) is 3.38. The number of rotatable bonds is 5. The zero-order valence-electron chi connectivity index (χ0n) is 11.6. The number of benzene rings is 1. The topological polar surface area (TPSA) is 55.4 Å².